The molecule has 0 amide bonds. The molecule has 1 atom stereocenters. The summed E-state index contributed by atoms with van der Waals surface area (Å²) >= 11 is 0. The van der Waals surface area contributed by atoms with Gasteiger partial charge in [0, 0.05) is 47.0 Å². The first-order valence-corrected chi connectivity index (χ1v) is 22.6. The molecule has 4 aromatic carbocycles. The predicted molar refractivity (Wildman–Crippen MR) is 249 cm³/mol. The van der Waals surface area contributed by atoms with Crippen molar-refractivity contribution in [2.45, 2.75) is 104 Å². The Labute approximate surface area is 372 Å². The molecule has 0 fully saturated rings. The Balaban J connectivity index is 0.903. The average Bonchev–Trinajstić information content (AvgIpc) is 3.32. The lowest BCUT2D eigenvalue weighted by Crippen LogP contribution is -2.22. The van der Waals surface area contributed by atoms with Crippen LogP contribution in [-0.2, 0) is 9.59 Å². The van der Waals surface area contributed by atoms with Gasteiger partial charge >= 0.3 is 11.9 Å². The summed E-state index contributed by atoms with van der Waals surface area (Å²) < 4.78 is 22.9. The van der Waals surface area contributed by atoms with E-state index in [0.717, 1.165) is 70.9 Å². The fraction of sp³-hybridized carbons (Fsp3) is 0.358. The Morgan fingerprint density at radius 1 is 0.429 bits per heavy atom. The molecule has 2 heterocycles. The van der Waals surface area contributed by atoms with Gasteiger partial charge in [-0.15, -0.1) is 0 Å². The van der Waals surface area contributed by atoms with Crippen molar-refractivity contribution in [3.8, 4) is 68.0 Å². The summed E-state index contributed by atoms with van der Waals surface area (Å²) in [5, 5.41) is 0. The Morgan fingerprint density at radius 2 is 0.778 bits per heavy atom. The minimum atomic E-state index is -0.720. The van der Waals surface area contributed by atoms with E-state index in [-0.39, 0.29) is 6.42 Å². The fourth-order valence-electron chi connectivity index (χ4n) is 6.95. The fourth-order valence-corrected chi connectivity index (χ4v) is 6.95. The van der Waals surface area contributed by atoms with E-state index in [9.17, 15) is 9.59 Å². The van der Waals surface area contributed by atoms with Crippen molar-refractivity contribution in [2.75, 3.05) is 13.2 Å². The van der Waals surface area contributed by atoms with Crippen LogP contribution in [0.15, 0.2) is 122 Å². The Morgan fingerprint density at radius 3 is 1.19 bits per heavy atom. The number of hydrogen-bond donors (Lipinski definition) is 0. The lowest BCUT2D eigenvalue weighted by molar-refractivity contribution is -0.144. The van der Waals surface area contributed by atoms with E-state index in [1.54, 1.807) is 56.0 Å². The molecule has 0 N–H and O–H groups in total. The average molecular weight is 849 g/mol. The number of benzene rings is 4. The third-order valence-electron chi connectivity index (χ3n) is 10.8. The number of carbonyl (C=O) groups is 2. The van der Waals surface area contributed by atoms with Gasteiger partial charge in [-0.2, -0.15) is 0 Å². The SMILES string of the molecule is CCCCCCCCOc1ccc(-c2ncc(-c3ccc(OC(=O)CC(C)C(=O)Oc4ccc(-c5cnc(-c6ccc(OCCCCCCCC)cc6)nc5)cc4)cc3)cn2)cc1. The molecular formula is C53H60N4O6. The first-order chi connectivity index (χ1) is 30.9. The number of ether oxygens (including phenoxy) is 4. The summed E-state index contributed by atoms with van der Waals surface area (Å²) in [6.07, 6.45) is 21.7. The van der Waals surface area contributed by atoms with E-state index in [1.165, 1.54) is 64.2 Å². The molecule has 2 aromatic heterocycles. The van der Waals surface area contributed by atoms with Crippen molar-refractivity contribution in [1.82, 2.24) is 19.9 Å². The van der Waals surface area contributed by atoms with Gasteiger partial charge in [-0.25, -0.2) is 19.9 Å². The van der Waals surface area contributed by atoms with Gasteiger partial charge in [0.1, 0.15) is 23.0 Å². The minimum Gasteiger partial charge on any atom is -0.494 e. The van der Waals surface area contributed by atoms with Crippen LogP contribution in [0.2, 0.25) is 0 Å². The molecule has 0 bridgehead atoms. The standard InChI is InChI=1S/C53H60N4O6/c1-4-6-8-10-12-14-32-60-46-24-20-42(21-25-46)51-54-35-44(36-55-51)40-16-28-48(29-17-40)62-50(58)34-39(3)53(59)63-49-30-18-41(19-31-49)45-37-56-52(57-38-45)43-22-26-47(27-23-43)61-33-15-13-11-9-7-5-2/h16-31,35-39H,4-15,32-34H2,1-3H3. The van der Waals surface area contributed by atoms with Crippen LogP contribution in [0.1, 0.15) is 104 Å². The topological polar surface area (TPSA) is 123 Å². The molecule has 10 nitrogen and oxygen atoms in total. The summed E-state index contributed by atoms with van der Waals surface area (Å²) in [7, 11) is 0. The van der Waals surface area contributed by atoms with Gasteiger partial charge in [-0.3, -0.25) is 9.59 Å². The molecule has 6 aromatic rings. The van der Waals surface area contributed by atoms with Gasteiger partial charge in [-0.1, -0.05) is 109 Å². The summed E-state index contributed by atoms with van der Waals surface area (Å²) in [4.78, 5) is 44.0. The van der Waals surface area contributed by atoms with Gasteiger partial charge < -0.3 is 18.9 Å². The van der Waals surface area contributed by atoms with E-state index < -0.39 is 17.9 Å². The van der Waals surface area contributed by atoms with E-state index in [1.807, 2.05) is 72.8 Å². The first-order valence-electron chi connectivity index (χ1n) is 22.6. The van der Waals surface area contributed by atoms with E-state index in [4.69, 9.17) is 18.9 Å². The number of esters is 2. The van der Waals surface area contributed by atoms with Crippen LogP contribution in [0, 0.1) is 5.92 Å². The maximum absolute atomic E-state index is 12.9. The molecule has 0 aliphatic heterocycles. The number of aromatic nitrogens is 4. The lowest BCUT2D eigenvalue weighted by Gasteiger charge is -2.12. The molecule has 0 spiro atoms. The maximum atomic E-state index is 12.9. The zero-order chi connectivity index (χ0) is 44.1. The number of rotatable bonds is 25. The van der Waals surface area contributed by atoms with Gasteiger partial charge in [0.25, 0.3) is 0 Å². The second-order valence-corrected chi connectivity index (χ2v) is 15.9. The van der Waals surface area contributed by atoms with Crippen LogP contribution >= 0.6 is 0 Å². The zero-order valence-electron chi connectivity index (χ0n) is 37.0. The van der Waals surface area contributed by atoms with Crippen molar-refractivity contribution < 1.29 is 28.5 Å². The summed E-state index contributed by atoms with van der Waals surface area (Å²) in [5.74, 6) is 1.89. The summed E-state index contributed by atoms with van der Waals surface area (Å²) in [6.45, 7) is 7.54. The molecule has 1 unspecified atom stereocenters. The third-order valence-corrected chi connectivity index (χ3v) is 10.8. The molecule has 0 aliphatic carbocycles. The van der Waals surface area contributed by atoms with E-state index >= 15 is 0 Å². The second kappa shape index (κ2) is 24.9. The predicted octanol–water partition coefficient (Wildman–Crippen LogP) is 13.0. The van der Waals surface area contributed by atoms with Crippen LogP contribution in [0.25, 0.3) is 45.0 Å². The Bertz CT molecular complexity index is 2260. The number of nitrogens with zero attached hydrogens (tertiary/aromatic N) is 4. The van der Waals surface area contributed by atoms with Crippen molar-refractivity contribution in [1.29, 1.82) is 0 Å². The molecule has 10 heteroatoms. The van der Waals surface area contributed by atoms with Gasteiger partial charge in [0.15, 0.2) is 11.6 Å². The van der Waals surface area contributed by atoms with Crippen LogP contribution in [0.4, 0.5) is 0 Å². The quantitative estimate of drug-likeness (QED) is 0.0312. The summed E-state index contributed by atoms with van der Waals surface area (Å²) in [5.41, 5.74) is 5.21. The highest BCUT2D eigenvalue weighted by Crippen LogP contribution is 2.27. The highest BCUT2D eigenvalue weighted by molar-refractivity contribution is 5.82. The largest absolute Gasteiger partial charge is 0.494 e. The molecule has 0 saturated carbocycles. The highest BCUT2D eigenvalue weighted by Gasteiger charge is 2.21. The second-order valence-electron chi connectivity index (χ2n) is 15.9. The van der Waals surface area contributed by atoms with Gasteiger partial charge in [-0.05, 0) is 96.8 Å². The van der Waals surface area contributed by atoms with Crippen LogP contribution in [0.3, 0.4) is 0 Å². The minimum absolute atomic E-state index is 0.140. The van der Waals surface area contributed by atoms with Crippen molar-refractivity contribution in [3.63, 3.8) is 0 Å². The van der Waals surface area contributed by atoms with Crippen molar-refractivity contribution in [2.24, 2.45) is 5.92 Å². The first kappa shape index (κ1) is 46.1. The number of carbonyl (C=O) groups excluding carboxylic acids is 2. The van der Waals surface area contributed by atoms with Gasteiger partial charge in [0.05, 0.1) is 25.6 Å². The number of unbranched alkanes of at least 4 members (excludes halogenated alkanes) is 10. The maximum Gasteiger partial charge on any atom is 0.314 e. The smallest absolute Gasteiger partial charge is 0.314 e. The van der Waals surface area contributed by atoms with Crippen LogP contribution < -0.4 is 18.9 Å². The summed E-state index contributed by atoms with van der Waals surface area (Å²) in [6, 6.07) is 29.9. The molecule has 63 heavy (non-hydrogen) atoms. The van der Waals surface area contributed by atoms with Crippen LogP contribution in [-0.4, -0.2) is 45.1 Å². The normalized spacial score (nSPS) is 11.5. The molecule has 0 radical (unpaired) electrons. The van der Waals surface area contributed by atoms with E-state index in [0.29, 0.717) is 23.1 Å². The van der Waals surface area contributed by atoms with Gasteiger partial charge in [0.2, 0.25) is 0 Å². The van der Waals surface area contributed by atoms with Crippen molar-refractivity contribution in [3.05, 3.63) is 122 Å². The van der Waals surface area contributed by atoms with E-state index in [2.05, 4.69) is 33.8 Å². The molecular weight excluding hydrogens is 789 g/mol. The molecule has 0 saturated heterocycles. The van der Waals surface area contributed by atoms with Crippen LogP contribution in [0.5, 0.6) is 23.0 Å². The third kappa shape index (κ3) is 14.9. The molecule has 0 aliphatic rings. The highest BCUT2D eigenvalue weighted by atomic mass is 16.5. The zero-order valence-corrected chi connectivity index (χ0v) is 37.0. The lowest BCUT2D eigenvalue weighted by atomic mass is 10.1. The Hall–Kier alpha value is -6.42. The number of hydrogen-bond acceptors (Lipinski definition) is 10. The molecule has 328 valence electrons. The Kier molecular flexibility index (Phi) is 18.2. The molecule has 6 rings (SSSR count). The monoisotopic (exact) mass is 848 g/mol. The van der Waals surface area contributed by atoms with Crippen molar-refractivity contribution >= 4 is 11.9 Å².